The Balaban J connectivity index is 1.86. The number of benzene rings is 2. The minimum absolute atomic E-state index is 0.0645. The highest BCUT2D eigenvalue weighted by molar-refractivity contribution is 6.31. The predicted molar refractivity (Wildman–Crippen MR) is 143 cm³/mol. The maximum atomic E-state index is 11.7. The minimum atomic E-state index is -0.699. The van der Waals surface area contributed by atoms with Crippen molar-refractivity contribution in [3.8, 4) is 28.3 Å². The molecule has 4 rings (SSSR count). The maximum Gasteiger partial charge on any atom is 0.286 e. The first-order valence-electron chi connectivity index (χ1n) is 11.7. The van der Waals surface area contributed by atoms with Crippen molar-refractivity contribution in [2.75, 3.05) is 0 Å². The molecule has 6 nitrogen and oxygen atoms in total. The van der Waals surface area contributed by atoms with E-state index in [1.165, 1.54) is 6.20 Å². The Labute approximate surface area is 216 Å². The van der Waals surface area contributed by atoms with Crippen molar-refractivity contribution in [3.63, 3.8) is 0 Å². The molecule has 2 aromatic heterocycles. The van der Waals surface area contributed by atoms with Gasteiger partial charge in [0.15, 0.2) is 0 Å². The van der Waals surface area contributed by atoms with Crippen LogP contribution in [0.5, 0.6) is 5.75 Å². The molecule has 0 unspecified atom stereocenters. The summed E-state index contributed by atoms with van der Waals surface area (Å²) in [7, 11) is 0. The highest BCUT2D eigenvalue weighted by atomic mass is 35.5. The monoisotopic (exact) mass is 500 g/mol. The van der Waals surface area contributed by atoms with Crippen LogP contribution in [-0.2, 0) is 12.0 Å². The number of halogens is 1. The van der Waals surface area contributed by atoms with Gasteiger partial charge in [-0.25, -0.2) is 9.97 Å². The van der Waals surface area contributed by atoms with Crippen LogP contribution < -0.4 is 10.5 Å². The van der Waals surface area contributed by atoms with Crippen LogP contribution in [0.4, 0.5) is 0 Å². The summed E-state index contributed by atoms with van der Waals surface area (Å²) >= 11 is 6.71. The Bertz CT molecular complexity index is 1430. The highest BCUT2D eigenvalue weighted by Gasteiger charge is 2.22. The van der Waals surface area contributed by atoms with Gasteiger partial charge in [0.1, 0.15) is 12.4 Å². The number of primary amides is 1. The molecule has 1 amide bonds. The van der Waals surface area contributed by atoms with Gasteiger partial charge in [0.25, 0.3) is 5.91 Å². The third-order valence-electron chi connectivity index (χ3n) is 5.93. The quantitative estimate of drug-likeness (QED) is 0.328. The molecule has 0 radical (unpaired) electrons. The predicted octanol–water partition coefficient (Wildman–Crippen LogP) is 6.45. The molecule has 2 aromatic carbocycles. The molecule has 4 aromatic rings. The van der Waals surface area contributed by atoms with E-state index in [9.17, 15) is 4.79 Å². The number of amides is 1. The molecule has 0 aliphatic rings. The topological polar surface area (TPSA) is 91.0 Å². The zero-order valence-electron chi connectivity index (χ0n) is 21.1. The highest BCUT2D eigenvalue weighted by Crippen LogP contribution is 2.39. The number of aryl methyl sites for hydroxylation is 2. The second-order valence-electron chi connectivity index (χ2n) is 9.77. The van der Waals surface area contributed by atoms with Gasteiger partial charge in [-0.1, -0.05) is 68.8 Å². The molecule has 0 aliphatic heterocycles. The molecule has 0 bridgehead atoms. The molecule has 2 N–H and O–H groups in total. The number of hydrogen-bond acceptors (Lipinski definition) is 5. The third-order valence-corrected chi connectivity index (χ3v) is 6.24. The SMILES string of the molecule is Cc1cc(C(C)(C)C)c(Cl)cc1-c1cc(OCc2ccccc2)c(-c2ccnc(C(N)=O)n2)c(C)n1. The third kappa shape index (κ3) is 5.39. The van der Waals surface area contributed by atoms with Crippen LogP contribution in [0.3, 0.4) is 0 Å². The molecule has 0 saturated carbocycles. The van der Waals surface area contributed by atoms with E-state index < -0.39 is 5.91 Å². The van der Waals surface area contributed by atoms with Crippen LogP contribution in [0, 0.1) is 13.8 Å². The number of ether oxygens (including phenoxy) is 1. The number of carbonyl (C=O) groups excluding carboxylic acids is 1. The van der Waals surface area contributed by atoms with E-state index in [0.717, 1.165) is 27.9 Å². The number of hydrogen-bond donors (Lipinski definition) is 1. The van der Waals surface area contributed by atoms with Gasteiger partial charge in [-0.2, -0.15) is 0 Å². The number of aromatic nitrogens is 3. The van der Waals surface area contributed by atoms with Crippen molar-refractivity contribution in [3.05, 3.63) is 94.0 Å². The Morgan fingerprint density at radius 2 is 1.72 bits per heavy atom. The number of nitrogens with zero attached hydrogens (tertiary/aromatic N) is 3. The Hall–Kier alpha value is -3.77. The smallest absolute Gasteiger partial charge is 0.286 e. The molecule has 0 fully saturated rings. The van der Waals surface area contributed by atoms with Crippen molar-refractivity contribution in [1.29, 1.82) is 0 Å². The van der Waals surface area contributed by atoms with Crippen molar-refractivity contribution in [2.24, 2.45) is 5.73 Å². The molecule has 0 saturated heterocycles. The van der Waals surface area contributed by atoms with Gasteiger partial charge in [-0.05, 0) is 48.1 Å². The molecule has 0 spiro atoms. The van der Waals surface area contributed by atoms with Gasteiger partial charge in [-0.15, -0.1) is 0 Å². The molecule has 184 valence electrons. The van der Waals surface area contributed by atoms with Crippen molar-refractivity contribution >= 4 is 17.5 Å². The maximum absolute atomic E-state index is 11.7. The number of rotatable bonds is 6. The van der Waals surface area contributed by atoms with Gasteiger partial charge >= 0.3 is 0 Å². The number of pyridine rings is 1. The molecule has 2 heterocycles. The molecular formula is C29H29ClN4O2. The summed E-state index contributed by atoms with van der Waals surface area (Å²) < 4.78 is 6.32. The Morgan fingerprint density at radius 3 is 2.39 bits per heavy atom. The summed E-state index contributed by atoms with van der Waals surface area (Å²) in [6.45, 7) is 10.7. The molecule has 0 atom stereocenters. The number of carbonyl (C=O) groups is 1. The summed E-state index contributed by atoms with van der Waals surface area (Å²) in [4.78, 5) is 24.9. The summed E-state index contributed by atoms with van der Waals surface area (Å²) in [5.74, 6) is -0.175. The van der Waals surface area contributed by atoms with E-state index in [-0.39, 0.29) is 11.2 Å². The van der Waals surface area contributed by atoms with Crippen LogP contribution in [-0.4, -0.2) is 20.9 Å². The van der Waals surface area contributed by atoms with Gasteiger partial charge in [0.2, 0.25) is 5.82 Å². The molecule has 7 heteroatoms. The first-order chi connectivity index (χ1) is 17.0. The summed E-state index contributed by atoms with van der Waals surface area (Å²) in [5.41, 5.74) is 12.1. The van der Waals surface area contributed by atoms with Crippen LogP contribution in [0.25, 0.3) is 22.5 Å². The molecular weight excluding hydrogens is 472 g/mol. The van der Waals surface area contributed by atoms with Gasteiger partial charge in [-0.3, -0.25) is 9.78 Å². The molecule has 36 heavy (non-hydrogen) atoms. The van der Waals surface area contributed by atoms with Crippen LogP contribution >= 0.6 is 11.6 Å². The van der Waals surface area contributed by atoms with E-state index in [4.69, 9.17) is 27.1 Å². The van der Waals surface area contributed by atoms with Crippen LogP contribution in [0.1, 0.15) is 53.8 Å². The van der Waals surface area contributed by atoms with E-state index in [1.54, 1.807) is 6.07 Å². The Morgan fingerprint density at radius 1 is 1.00 bits per heavy atom. The Kier molecular flexibility index (Phi) is 7.09. The normalized spacial score (nSPS) is 11.4. The summed E-state index contributed by atoms with van der Waals surface area (Å²) in [6, 6.07) is 17.6. The first kappa shape index (κ1) is 25.3. The summed E-state index contributed by atoms with van der Waals surface area (Å²) in [6.07, 6.45) is 1.51. The standard InChI is InChI=1S/C29H29ClN4O2/c1-17-13-21(29(3,4)5)22(30)14-20(17)24-15-25(36-16-19-9-7-6-8-10-19)26(18(2)33-24)23-11-12-32-28(34-23)27(31)35/h6-15H,16H2,1-5H3,(H2,31,35). The van der Waals surface area contributed by atoms with E-state index in [2.05, 4.69) is 43.7 Å². The average molecular weight is 501 g/mol. The van der Waals surface area contributed by atoms with Gasteiger partial charge < -0.3 is 10.5 Å². The van der Waals surface area contributed by atoms with Crippen molar-refractivity contribution in [1.82, 2.24) is 15.0 Å². The lowest BCUT2D eigenvalue weighted by atomic mass is 9.85. The van der Waals surface area contributed by atoms with Crippen molar-refractivity contribution in [2.45, 2.75) is 46.6 Å². The van der Waals surface area contributed by atoms with E-state index in [1.807, 2.05) is 49.4 Å². The number of nitrogens with two attached hydrogens (primary N) is 1. The minimum Gasteiger partial charge on any atom is -0.488 e. The summed E-state index contributed by atoms with van der Waals surface area (Å²) in [5, 5.41) is 0.695. The average Bonchev–Trinajstić information content (AvgIpc) is 2.83. The van der Waals surface area contributed by atoms with Crippen LogP contribution in [0.15, 0.2) is 60.8 Å². The first-order valence-corrected chi connectivity index (χ1v) is 12.0. The van der Waals surface area contributed by atoms with E-state index in [0.29, 0.717) is 34.3 Å². The largest absolute Gasteiger partial charge is 0.488 e. The van der Waals surface area contributed by atoms with Crippen molar-refractivity contribution < 1.29 is 9.53 Å². The zero-order chi connectivity index (χ0) is 26.0. The second kappa shape index (κ2) is 10.1. The van der Waals surface area contributed by atoms with Crippen LogP contribution in [0.2, 0.25) is 5.02 Å². The fourth-order valence-corrected chi connectivity index (χ4v) is 4.54. The van der Waals surface area contributed by atoms with E-state index >= 15 is 0 Å². The zero-order valence-corrected chi connectivity index (χ0v) is 21.8. The second-order valence-corrected chi connectivity index (χ2v) is 10.2. The fourth-order valence-electron chi connectivity index (χ4n) is 4.09. The van der Waals surface area contributed by atoms with Gasteiger partial charge in [0.05, 0.1) is 22.6 Å². The lowest BCUT2D eigenvalue weighted by Gasteiger charge is -2.23. The lowest BCUT2D eigenvalue weighted by molar-refractivity contribution is 0.0990. The lowest BCUT2D eigenvalue weighted by Crippen LogP contribution is -2.15. The van der Waals surface area contributed by atoms with Gasteiger partial charge in [0, 0.05) is 22.8 Å². The molecule has 0 aliphatic carbocycles. The fraction of sp³-hybridized carbons (Fsp3) is 0.241.